The maximum atomic E-state index is 12.5. The number of carbonyl (C=O) groups excluding carboxylic acids is 1. The molecule has 0 radical (unpaired) electrons. The van der Waals surface area contributed by atoms with Gasteiger partial charge in [0, 0.05) is 12.6 Å². The highest BCUT2D eigenvalue weighted by molar-refractivity contribution is 6.02. The minimum absolute atomic E-state index is 0.00340. The molecule has 0 fully saturated rings. The van der Waals surface area contributed by atoms with E-state index in [0.29, 0.717) is 6.54 Å². The SMILES string of the molecule is CCCN1C(=O)C(C)(C)Oc2ccc(C(C)N)cc21. The molecule has 1 aromatic carbocycles. The van der Waals surface area contributed by atoms with Gasteiger partial charge < -0.3 is 15.4 Å². The van der Waals surface area contributed by atoms with Crippen molar-refractivity contribution in [1.82, 2.24) is 0 Å². The van der Waals surface area contributed by atoms with Crippen molar-refractivity contribution in [1.29, 1.82) is 0 Å². The zero-order chi connectivity index (χ0) is 14.2. The predicted molar refractivity (Wildman–Crippen MR) is 76.4 cm³/mol. The molecule has 1 aliphatic rings. The number of ether oxygens (including phenoxy) is 1. The predicted octanol–water partition coefficient (Wildman–Crippen LogP) is 2.62. The molecule has 1 unspecified atom stereocenters. The fourth-order valence-electron chi connectivity index (χ4n) is 2.31. The maximum Gasteiger partial charge on any atom is 0.270 e. The lowest BCUT2D eigenvalue weighted by Crippen LogP contribution is -2.52. The Labute approximate surface area is 114 Å². The van der Waals surface area contributed by atoms with Gasteiger partial charge in [-0.2, -0.15) is 0 Å². The highest BCUT2D eigenvalue weighted by Crippen LogP contribution is 2.39. The van der Waals surface area contributed by atoms with Gasteiger partial charge in [-0.05, 0) is 44.9 Å². The molecule has 0 aliphatic carbocycles. The summed E-state index contributed by atoms with van der Waals surface area (Å²) >= 11 is 0. The molecule has 1 aromatic rings. The quantitative estimate of drug-likeness (QED) is 0.911. The van der Waals surface area contributed by atoms with Crippen LogP contribution in [0.5, 0.6) is 5.75 Å². The summed E-state index contributed by atoms with van der Waals surface area (Å²) in [5.41, 5.74) is 6.95. The lowest BCUT2D eigenvalue weighted by molar-refractivity contribution is -0.132. The van der Waals surface area contributed by atoms with Crippen LogP contribution in [0, 0.1) is 0 Å². The maximum absolute atomic E-state index is 12.5. The van der Waals surface area contributed by atoms with Gasteiger partial charge in [0.15, 0.2) is 5.60 Å². The normalized spacial score (nSPS) is 18.8. The topological polar surface area (TPSA) is 55.6 Å². The number of nitrogens with zero attached hydrogens (tertiary/aromatic N) is 1. The fraction of sp³-hybridized carbons (Fsp3) is 0.533. The summed E-state index contributed by atoms with van der Waals surface area (Å²) in [7, 11) is 0. The minimum Gasteiger partial charge on any atom is -0.476 e. The Bertz CT molecular complexity index is 495. The first-order valence-corrected chi connectivity index (χ1v) is 6.77. The number of rotatable bonds is 3. The summed E-state index contributed by atoms with van der Waals surface area (Å²) in [5.74, 6) is 0.756. The highest BCUT2D eigenvalue weighted by Gasteiger charge is 2.40. The number of nitrogens with two attached hydrogens (primary N) is 1. The number of carbonyl (C=O) groups is 1. The minimum atomic E-state index is -0.808. The molecule has 1 atom stereocenters. The number of benzene rings is 1. The molecular weight excluding hydrogens is 240 g/mol. The average molecular weight is 262 g/mol. The molecule has 0 saturated carbocycles. The lowest BCUT2D eigenvalue weighted by atomic mass is 10.0. The molecule has 0 spiro atoms. The van der Waals surface area contributed by atoms with Crippen LogP contribution in [0.15, 0.2) is 18.2 Å². The Hall–Kier alpha value is -1.55. The van der Waals surface area contributed by atoms with E-state index in [0.717, 1.165) is 23.4 Å². The monoisotopic (exact) mass is 262 g/mol. The van der Waals surface area contributed by atoms with Crippen molar-refractivity contribution in [3.05, 3.63) is 23.8 Å². The average Bonchev–Trinajstić information content (AvgIpc) is 2.34. The number of hydrogen-bond donors (Lipinski definition) is 1. The van der Waals surface area contributed by atoms with Crippen LogP contribution >= 0.6 is 0 Å². The summed E-state index contributed by atoms with van der Waals surface area (Å²) < 4.78 is 5.81. The third kappa shape index (κ3) is 2.45. The lowest BCUT2D eigenvalue weighted by Gasteiger charge is -2.39. The Morgan fingerprint density at radius 1 is 1.42 bits per heavy atom. The van der Waals surface area contributed by atoms with Gasteiger partial charge in [0.05, 0.1) is 5.69 Å². The van der Waals surface area contributed by atoms with Crippen molar-refractivity contribution in [2.24, 2.45) is 5.73 Å². The van der Waals surface area contributed by atoms with Crippen LogP contribution in [0.3, 0.4) is 0 Å². The Balaban J connectivity index is 2.50. The molecule has 1 heterocycles. The van der Waals surface area contributed by atoms with E-state index < -0.39 is 5.60 Å². The van der Waals surface area contributed by atoms with E-state index >= 15 is 0 Å². The van der Waals surface area contributed by atoms with E-state index in [2.05, 4.69) is 6.92 Å². The van der Waals surface area contributed by atoms with Crippen molar-refractivity contribution < 1.29 is 9.53 Å². The van der Waals surface area contributed by atoms with Crippen LogP contribution in [-0.4, -0.2) is 18.1 Å². The molecule has 4 heteroatoms. The molecule has 2 N–H and O–H groups in total. The Kier molecular flexibility index (Phi) is 3.54. The van der Waals surface area contributed by atoms with E-state index in [1.165, 1.54) is 0 Å². The molecule has 0 bridgehead atoms. The van der Waals surface area contributed by atoms with Crippen molar-refractivity contribution in [3.63, 3.8) is 0 Å². The molecule has 0 aromatic heterocycles. The second-order valence-electron chi connectivity index (χ2n) is 5.59. The van der Waals surface area contributed by atoms with Gasteiger partial charge in [-0.1, -0.05) is 13.0 Å². The van der Waals surface area contributed by atoms with Crippen LogP contribution in [0.1, 0.15) is 45.7 Å². The Morgan fingerprint density at radius 3 is 2.68 bits per heavy atom. The molecular formula is C15H22N2O2. The van der Waals surface area contributed by atoms with Gasteiger partial charge in [-0.15, -0.1) is 0 Å². The number of amides is 1. The fourth-order valence-corrected chi connectivity index (χ4v) is 2.31. The zero-order valence-corrected chi connectivity index (χ0v) is 12.1. The van der Waals surface area contributed by atoms with Crippen LogP contribution in [0.4, 0.5) is 5.69 Å². The largest absolute Gasteiger partial charge is 0.476 e. The number of anilines is 1. The summed E-state index contributed by atoms with van der Waals surface area (Å²) in [6, 6.07) is 5.77. The highest BCUT2D eigenvalue weighted by atomic mass is 16.5. The van der Waals surface area contributed by atoms with Gasteiger partial charge in [0.25, 0.3) is 5.91 Å². The van der Waals surface area contributed by atoms with Gasteiger partial charge >= 0.3 is 0 Å². The van der Waals surface area contributed by atoms with Crippen LogP contribution in [0.25, 0.3) is 0 Å². The summed E-state index contributed by atoms with van der Waals surface area (Å²) in [4.78, 5) is 14.3. The molecule has 4 nitrogen and oxygen atoms in total. The number of hydrogen-bond acceptors (Lipinski definition) is 3. The molecule has 1 aliphatic heterocycles. The van der Waals surface area contributed by atoms with Crippen LogP contribution in [-0.2, 0) is 4.79 Å². The zero-order valence-electron chi connectivity index (χ0n) is 12.1. The third-order valence-electron chi connectivity index (χ3n) is 3.37. The van der Waals surface area contributed by atoms with E-state index in [4.69, 9.17) is 10.5 Å². The molecule has 0 saturated heterocycles. The standard InChI is InChI=1S/C15H22N2O2/c1-5-8-17-12-9-11(10(2)16)6-7-13(12)19-15(3,4)14(17)18/h6-7,9-10H,5,8,16H2,1-4H3. The van der Waals surface area contributed by atoms with Crippen LogP contribution < -0.4 is 15.4 Å². The smallest absolute Gasteiger partial charge is 0.270 e. The first kappa shape index (κ1) is 13.9. The van der Waals surface area contributed by atoms with Crippen molar-refractivity contribution >= 4 is 11.6 Å². The van der Waals surface area contributed by atoms with Gasteiger partial charge in [0.2, 0.25) is 0 Å². The Morgan fingerprint density at radius 2 is 2.11 bits per heavy atom. The summed E-state index contributed by atoms with van der Waals surface area (Å²) in [5, 5.41) is 0. The van der Waals surface area contributed by atoms with E-state index in [1.807, 2.05) is 30.0 Å². The van der Waals surface area contributed by atoms with Gasteiger partial charge in [-0.3, -0.25) is 4.79 Å². The van der Waals surface area contributed by atoms with E-state index in [-0.39, 0.29) is 11.9 Å². The molecule has 19 heavy (non-hydrogen) atoms. The van der Waals surface area contributed by atoms with E-state index in [1.54, 1.807) is 13.8 Å². The summed E-state index contributed by atoms with van der Waals surface area (Å²) in [6.07, 6.45) is 0.906. The van der Waals surface area contributed by atoms with Gasteiger partial charge in [-0.25, -0.2) is 0 Å². The first-order valence-electron chi connectivity index (χ1n) is 6.77. The second-order valence-corrected chi connectivity index (χ2v) is 5.59. The first-order chi connectivity index (χ1) is 8.86. The van der Waals surface area contributed by atoms with Gasteiger partial charge in [0.1, 0.15) is 5.75 Å². The summed E-state index contributed by atoms with van der Waals surface area (Å²) in [6.45, 7) is 8.30. The van der Waals surface area contributed by atoms with Crippen molar-refractivity contribution in [2.45, 2.75) is 45.8 Å². The van der Waals surface area contributed by atoms with Crippen molar-refractivity contribution in [3.8, 4) is 5.75 Å². The second kappa shape index (κ2) is 4.85. The molecule has 1 amide bonds. The molecule has 104 valence electrons. The number of fused-ring (bicyclic) bond motifs is 1. The van der Waals surface area contributed by atoms with Crippen molar-refractivity contribution in [2.75, 3.05) is 11.4 Å². The van der Waals surface area contributed by atoms with E-state index in [9.17, 15) is 4.79 Å². The molecule has 2 rings (SSSR count). The third-order valence-corrected chi connectivity index (χ3v) is 3.37. The van der Waals surface area contributed by atoms with Crippen LogP contribution in [0.2, 0.25) is 0 Å².